The summed E-state index contributed by atoms with van der Waals surface area (Å²) in [5, 5.41) is 1.96. The topological polar surface area (TPSA) is 61.9 Å². The summed E-state index contributed by atoms with van der Waals surface area (Å²) in [6.07, 6.45) is 0.258. The number of hydrazine groups is 1. The average molecular weight is 241 g/mol. The van der Waals surface area contributed by atoms with Gasteiger partial charge in [0.25, 0.3) is 0 Å². The number of rotatable bonds is 3. The van der Waals surface area contributed by atoms with Gasteiger partial charge in [-0.3, -0.25) is 14.5 Å². The maximum Gasteiger partial charge on any atom is 0.248 e. The van der Waals surface area contributed by atoms with Gasteiger partial charge in [0, 0.05) is 19.1 Å². The Hall–Kier alpha value is -0.980. The first-order chi connectivity index (χ1) is 8.09. The van der Waals surface area contributed by atoms with Crippen LogP contribution < -0.4 is 5.43 Å². The first-order valence-corrected chi connectivity index (χ1v) is 6.04. The van der Waals surface area contributed by atoms with Crippen LogP contribution in [0.1, 0.15) is 20.3 Å². The molecule has 2 fully saturated rings. The molecule has 96 valence electrons. The zero-order valence-corrected chi connectivity index (χ0v) is 10.3. The molecule has 6 heteroatoms. The number of nitrogens with one attached hydrogen (secondary N) is 1. The molecule has 2 rings (SSSR count). The molecule has 1 N–H and O–H groups in total. The summed E-state index contributed by atoms with van der Waals surface area (Å²) in [5.41, 5.74) is 3.12. The maximum absolute atomic E-state index is 12.0. The van der Waals surface area contributed by atoms with Crippen LogP contribution in [0, 0.1) is 0 Å². The van der Waals surface area contributed by atoms with E-state index in [1.165, 1.54) is 4.90 Å². The van der Waals surface area contributed by atoms with Gasteiger partial charge in [-0.05, 0) is 13.8 Å². The number of hydrogen-bond acceptors (Lipinski definition) is 5. The molecule has 1 atom stereocenters. The molecule has 2 aliphatic rings. The smallest absolute Gasteiger partial charge is 0.248 e. The second-order valence-electron chi connectivity index (χ2n) is 4.68. The number of morpholine rings is 1. The normalized spacial score (nSPS) is 27.2. The van der Waals surface area contributed by atoms with E-state index >= 15 is 0 Å². The summed E-state index contributed by atoms with van der Waals surface area (Å²) in [4.78, 5) is 25.1. The van der Waals surface area contributed by atoms with Crippen LogP contribution >= 0.6 is 0 Å². The van der Waals surface area contributed by atoms with Gasteiger partial charge in [-0.25, -0.2) is 10.4 Å². The zero-order valence-electron chi connectivity index (χ0n) is 10.3. The highest BCUT2D eigenvalue weighted by molar-refractivity contribution is 6.05. The van der Waals surface area contributed by atoms with Crippen LogP contribution in [-0.4, -0.2) is 60.1 Å². The van der Waals surface area contributed by atoms with Crippen LogP contribution in [0.25, 0.3) is 0 Å². The Bertz CT molecular complexity index is 313. The van der Waals surface area contributed by atoms with Crippen LogP contribution in [0.4, 0.5) is 0 Å². The Balaban J connectivity index is 1.94. The van der Waals surface area contributed by atoms with Crippen LogP contribution in [0.15, 0.2) is 0 Å². The minimum atomic E-state index is -0.400. The van der Waals surface area contributed by atoms with Gasteiger partial charge in [-0.1, -0.05) is 0 Å². The van der Waals surface area contributed by atoms with E-state index in [0.717, 1.165) is 13.1 Å². The lowest BCUT2D eigenvalue weighted by molar-refractivity contribution is -0.141. The van der Waals surface area contributed by atoms with Crippen LogP contribution in [-0.2, 0) is 14.3 Å². The lowest BCUT2D eigenvalue weighted by Gasteiger charge is -2.29. The highest BCUT2D eigenvalue weighted by Gasteiger charge is 2.40. The summed E-state index contributed by atoms with van der Waals surface area (Å²) in [6.45, 7) is 6.53. The second kappa shape index (κ2) is 5.12. The third kappa shape index (κ3) is 2.65. The van der Waals surface area contributed by atoms with E-state index in [4.69, 9.17) is 4.74 Å². The first kappa shape index (κ1) is 12.5. The molecule has 0 saturated carbocycles. The van der Waals surface area contributed by atoms with Crippen molar-refractivity contribution in [2.45, 2.75) is 32.4 Å². The van der Waals surface area contributed by atoms with Crippen LogP contribution in [0.5, 0.6) is 0 Å². The molecule has 2 saturated heterocycles. The molecule has 2 amide bonds. The summed E-state index contributed by atoms with van der Waals surface area (Å²) in [7, 11) is 0. The van der Waals surface area contributed by atoms with Gasteiger partial charge in [0.1, 0.15) is 6.04 Å². The van der Waals surface area contributed by atoms with Gasteiger partial charge in [0.05, 0.1) is 19.6 Å². The number of imide groups is 1. The lowest BCUT2D eigenvalue weighted by atomic mass is 10.2. The Morgan fingerprint density at radius 2 is 1.94 bits per heavy atom. The largest absolute Gasteiger partial charge is 0.379 e. The van der Waals surface area contributed by atoms with E-state index in [1.54, 1.807) is 0 Å². The summed E-state index contributed by atoms with van der Waals surface area (Å²) >= 11 is 0. The second-order valence-corrected chi connectivity index (χ2v) is 4.68. The molecule has 2 aliphatic heterocycles. The SMILES string of the molecule is CC(C)N1C(=O)CC(NN2CCOCC2)C1=O. The van der Waals surface area contributed by atoms with Crippen molar-refractivity contribution in [3.8, 4) is 0 Å². The highest BCUT2D eigenvalue weighted by atomic mass is 16.5. The van der Waals surface area contributed by atoms with Gasteiger partial charge in [0.15, 0.2) is 0 Å². The Kier molecular flexibility index (Phi) is 3.76. The van der Waals surface area contributed by atoms with E-state index < -0.39 is 6.04 Å². The minimum absolute atomic E-state index is 0.0634. The molecule has 0 spiro atoms. The Labute approximate surface area is 101 Å². The van der Waals surface area contributed by atoms with Crippen molar-refractivity contribution < 1.29 is 14.3 Å². The Morgan fingerprint density at radius 3 is 2.47 bits per heavy atom. The molecule has 0 bridgehead atoms. The fourth-order valence-corrected chi connectivity index (χ4v) is 2.21. The molecular weight excluding hydrogens is 222 g/mol. The maximum atomic E-state index is 12.0. The average Bonchev–Trinajstić information content (AvgIpc) is 2.55. The van der Waals surface area contributed by atoms with Crippen molar-refractivity contribution in [2.24, 2.45) is 0 Å². The molecule has 6 nitrogen and oxygen atoms in total. The van der Waals surface area contributed by atoms with E-state index in [1.807, 2.05) is 18.9 Å². The number of ether oxygens (including phenoxy) is 1. The predicted molar refractivity (Wildman–Crippen MR) is 60.9 cm³/mol. The molecule has 0 aromatic rings. The fourth-order valence-electron chi connectivity index (χ4n) is 2.21. The monoisotopic (exact) mass is 241 g/mol. The van der Waals surface area contributed by atoms with E-state index in [9.17, 15) is 9.59 Å². The zero-order chi connectivity index (χ0) is 12.4. The van der Waals surface area contributed by atoms with Gasteiger partial charge in [-0.15, -0.1) is 0 Å². The molecule has 1 unspecified atom stereocenters. The van der Waals surface area contributed by atoms with Crippen molar-refractivity contribution in [1.82, 2.24) is 15.3 Å². The van der Waals surface area contributed by atoms with E-state index in [0.29, 0.717) is 13.2 Å². The Morgan fingerprint density at radius 1 is 1.29 bits per heavy atom. The number of likely N-dealkylation sites (tertiary alicyclic amines) is 1. The summed E-state index contributed by atoms with van der Waals surface area (Å²) in [5.74, 6) is -0.202. The predicted octanol–water partition coefficient (Wildman–Crippen LogP) is -0.641. The van der Waals surface area contributed by atoms with Crippen molar-refractivity contribution >= 4 is 11.8 Å². The number of carbonyl (C=O) groups is 2. The number of nitrogens with zero attached hydrogens (tertiary/aromatic N) is 2. The van der Waals surface area contributed by atoms with Crippen molar-refractivity contribution in [3.05, 3.63) is 0 Å². The standard InChI is InChI=1S/C11H19N3O3/c1-8(2)14-10(15)7-9(11(14)16)12-13-3-5-17-6-4-13/h8-9,12H,3-7H2,1-2H3. The van der Waals surface area contributed by atoms with Gasteiger partial charge in [0.2, 0.25) is 11.8 Å². The third-order valence-corrected chi connectivity index (χ3v) is 3.05. The van der Waals surface area contributed by atoms with E-state index in [-0.39, 0.29) is 24.3 Å². The van der Waals surface area contributed by atoms with Crippen LogP contribution in [0.2, 0.25) is 0 Å². The van der Waals surface area contributed by atoms with Crippen molar-refractivity contribution in [2.75, 3.05) is 26.3 Å². The molecule has 0 aromatic carbocycles. The minimum Gasteiger partial charge on any atom is -0.379 e. The molecule has 0 radical (unpaired) electrons. The van der Waals surface area contributed by atoms with Crippen molar-refractivity contribution in [3.63, 3.8) is 0 Å². The fraction of sp³-hybridized carbons (Fsp3) is 0.818. The molecular formula is C11H19N3O3. The molecule has 0 aliphatic carbocycles. The van der Waals surface area contributed by atoms with Gasteiger partial charge >= 0.3 is 0 Å². The van der Waals surface area contributed by atoms with Crippen molar-refractivity contribution in [1.29, 1.82) is 0 Å². The number of amides is 2. The quantitative estimate of drug-likeness (QED) is 0.666. The summed E-state index contributed by atoms with van der Waals surface area (Å²) in [6, 6.07) is -0.463. The van der Waals surface area contributed by atoms with Gasteiger partial charge in [-0.2, -0.15) is 0 Å². The number of hydrogen-bond donors (Lipinski definition) is 1. The third-order valence-electron chi connectivity index (χ3n) is 3.05. The molecule has 17 heavy (non-hydrogen) atoms. The van der Waals surface area contributed by atoms with Gasteiger partial charge < -0.3 is 4.74 Å². The van der Waals surface area contributed by atoms with Crippen LogP contribution in [0.3, 0.4) is 0 Å². The van der Waals surface area contributed by atoms with E-state index in [2.05, 4.69) is 5.43 Å². The number of carbonyl (C=O) groups excluding carboxylic acids is 2. The summed E-state index contributed by atoms with van der Waals surface area (Å²) < 4.78 is 5.23. The highest BCUT2D eigenvalue weighted by Crippen LogP contribution is 2.16. The first-order valence-electron chi connectivity index (χ1n) is 6.04. The lowest BCUT2D eigenvalue weighted by Crippen LogP contribution is -2.52. The molecule has 2 heterocycles. The molecule has 0 aromatic heterocycles.